The van der Waals surface area contributed by atoms with Gasteiger partial charge in [-0.15, -0.1) is 0 Å². The molecule has 1 aliphatic heterocycles. The quantitative estimate of drug-likeness (QED) is 0.912. The lowest BCUT2D eigenvalue weighted by Crippen LogP contribution is -2.13. The van der Waals surface area contributed by atoms with Crippen molar-refractivity contribution in [1.82, 2.24) is 5.32 Å². The van der Waals surface area contributed by atoms with Gasteiger partial charge in [0.05, 0.1) is 10.6 Å². The van der Waals surface area contributed by atoms with Crippen LogP contribution in [-0.2, 0) is 23.1 Å². The minimum Gasteiger partial charge on any atom is -0.309 e. The van der Waals surface area contributed by atoms with Crippen molar-refractivity contribution in [2.45, 2.75) is 18.0 Å². The number of hydrogen-bond donors (Lipinski definition) is 2. The number of anilines is 1. The Morgan fingerprint density at radius 3 is 2.65 bits per heavy atom. The third-order valence-electron chi connectivity index (χ3n) is 3.20. The van der Waals surface area contributed by atoms with Crippen molar-refractivity contribution >= 4 is 15.7 Å². The molecule has 0 amide bonds. The maximum Gasteiger partial charge on any atom is 0.261 e. The van der Waals surface area contributed by atoms with Crippen LogP contribution >= 0.6 is 0 Å². The lowest BCUT2D eigenvalue weighted by Gasteiger charge is -2.09. The SMILES string of the molecule is O=S(=O)(Nc1cccc(F)c1)c1ccc2c(c1)CNC2. The normalized spacial score (nSPS) is 14.1. The number of nitrogens with one attached hydrogen (secondary N) is 2. The average Bonchev–Trinajstić information content (AvgIpc) is 2.85. The zero-order valence-corrected chi connectivity index (χ0v) is 11.4. The molecule has 104 valence electrons. The molecule has 0 saturated heterocycles. The predicted molar refractivity (Wildman–Crippen MR) is 74.2 cm³/mol. The number of hydrogen-bond acceptors (Lipinski definition) is 3. The van der Waals surface area contributed by atoms with Crippen molar-refractivity contribution in [3.05, 3.63) is 59.4 Å². The van der Waals surface area contributed by atoms with E-state index in [1.807, 2.05) is 0 Å². The summed E-state index contributed by atoms with van der Waals surface area (Å²) in [7, 11) is -3.70. The molecule has 0 radical (unpaired) electrons. The summed E-state index contributed by atoms with van der Waals surface area (Å²) >= 11 is 0. The van der Waals surface area contributed by atoms with Crippen LogP contribution in [0.15, 0.2) is 47.4 Å². The zero-order chi connectivity index (χ0) is 14.2. The van der Waals surface area contributed by atoms with Gasteiger partial charge < -0.3 is 5.32 Å². The summed E-state index contributed by atoms with van der Waals surface area (Å²) in [4.78, 5) is 0.184. The maximum absolute atomic E-state index is 13.1. The first kappa shape index (κ1) is 13.1. The Labute approximate surface area is 116 Å². The lowest BCUT2D eigenvalue weighted by atomic mass is 10.1. The summed E-state index contributed by atoms with van der Waals surface area (Å²) < 4.78 is 40.0. The number of benzene rings is 2. The smallest absolute Gasteiger partial charge is 0.261 e. The van der Waals surface area contributed by atoms with Gasteiger partial charge in [0.25, 0.3) is 10.0 Å². The second-order valence-electron chi connectivity index (χ2n) is 4.65. The molecule has 20 heavy (non-hydrogen) atoms. The molecule has 6 heteroatoms. The number of rotatable bonds is 3. The Kier molecular flexibility index (Phi) is 3.19. The van der Waals surface area contributed by atoms with Crippen LogP contribution in [0.3, 0.4) is 0 Å². The van der Waals surface area contributed by atoms with E-state index in [1.165, 1.54) is 18.2 Å². The van der Waals surface area contributed by atoms with Crippen LogP contribution in [0.5, 0.6) is 0 Å². The fraction of sp³-hybridized carbons (Fsp3) is 0.143. The van der Waals surface area contributed by atoms with Gasteiger partial charge in [0.2, 0.25) is 0 Å². The fourth-order valence-electron chi connectivity index (χ4n) is 2.20. The highest BCUT2D eigenvalue weighted by Gasteiger charge is 2.18. The molecule has 4 nitrogen and oxygen atoms in total. The van der Waals surface area contributed by atoms with E-state index in [1.54, 1.807) is 18.2 Å². The van der Waals surface area contributed by atoms with Crippen molar-refractivity contribution in [3.8, 4) is 0 Å². The fourth-order valence-corrected chi connectivity index (χ4v) is 3.30. The maximum atomic E-state index is 13.1. The third kappa shape index (κ3) is 2.52. The molecule has 0 aromatic heterocycles. The van der Waals surface area contributed by atoms with Crippen LogP contribution in [0, 0.1) is 5.82 Å². The van der Waals surface area contributed by atoms with Gasteiger partial charge in [-0.1, -0.05) is 12.1 Å². The van der Waals surface area contributed by atoms with Gasteiger partial charge in [-0.2, -0.15) is 0 Å². The molecular weight excluding hydrogens is 279 g/mol. The van der Waals surface area contributed by atoms with Gasteiger partial charge in [-0.3, -0.25) is 4.72 Å². The minimum atomic E-state index is -3.70. The van der Waals surface area contributed by atoms with Crippen LogP contribution < -0.4 is 10.0 Å². The van der Waals surface area contributed by atoms with Crippen molar-refractivity contribution in [3.63, 3.8) is 0 Å². The summed E-state index contributed by atoms with van der Waals surface area (Å²) in [5, 5.41) is 3.16. The number of halogens is 1. The van der Waals surface area contributed by atoms with E-state index in [4.69, 9.17) is 0 Å². The van der Waals surface area contributed by atoms with Gasteiger partial charge in [-0.25, -0.2) is 12.8 Å². The summed E-state index contributed by atoms with van der Waals surface area (Å²) in [6, 6.07) is 10.4. The predicted octanol–water partition coefficient (Wildman–Crippen LogP) is 2.23. The first-order chi connectivity index (χ1) is 9.54. The van der Waals surface area contributed by atoms with E-state index < -0.39 is 15.8 Å². The first-order valence-electron chi connectivity index (χ1n) is 6.15. The third-order valence-corrected chi connectivity index (χ3v) is 4.57. The molecule has 2 N–H and O–H groups in total. The molecule has 3 rings (SSSR count). The molecule has 0 atom stereocenters. The first-order valence-corrected chi connectivity index (χ1v) is 7.64. The minimum absolute atomic E-state index is 0.184. The molecule has 1 aliphatic rings. The van der Waals surface area contributed by atoms with Gasteiger partial charge in [-0.05, 0) is 41.5 Å². The van der Waals surface area contributed by atoms with Crippen molar-refractivity contribution in [2.24, 2.45) is 0 Å². The van der Waals surface area contributed by atoms with Crippen LogP contribution in [0.4, 0.5) is 10.1 Å². The largest absolute Gasteiger partial charge is 0.309 e. The van der Waals surface area contributed by atoms with Crippen LogP contribution in [-0.4, -0.2) is 8.42 Å². The van der Waals surface area contributed by atoms with E-state index in [2.05, 4.69) is 10.0 Å². The molecule has 0 aliphatic carbocycles. The van der Waals surface area contributed by atoms with Crippen molar-refractivity contribution < 1.29 is 12.8 Å². The van der Waals surface area contributed by atoms with E-state index in [0.717, 1.165) is 23.7 Å². The Hall–Kier alpha value is -1.92. The van der Waals surface area contributed by atoms with Gasteiger partial charge in [0.15, 0.2) is 0 Å². The summed E-state index contributed by atoms with van der Waals surface area (Å²) in [5.41, 5.74) is 2.30. The van der Waals surface area contributed by atoms with Gasteiger partial charge >= 0.3 is 0 Å². The van der Waals surface area contributed by atoms with Gasteiger partial charge in [0.1, 0.15) is 5.82 Å². The molecule has 2 aromatic rings. The standard InChI is InChI=1S/C14H13FN2O2S/c15-12-2-1-3-13(7-12)17-20(18,19)14-5-4-10-8-16-9-11(10)6-14/h1-7,16-17H,8-9H2. The van der Waals surface area contributed by atoms with Crippen LogP contribution in [0.2, 0.25) is 0 Å². The van der Waals surface area contributed by atoms with Crippen LogP contribution in [0.25, 0.3) is 0 Å². The topological polar surface area (TPSA) is 58.2 Å². The Morgan fingerprint density at radius 2 is 1.85 bits per heavy atom. The monoisotopic (exact) mass is 292 g/mol. The summed E-state index contributed by atoms with van der Waals surface area (Å²) in [5.74, 6) is -0.483. The summed E-state index contributed by atoms with van der Waals surface area (Å²) in [6.45, 7) is 1.42. The molecular formula is C14H13FN2O2S. The number of fused-ring (bicyclic) bond motifs is 1. The molecule has 0 fully saturated rings. The lowest BCUT2D eigenvalue weighted by molar-refractivity contribution is 0.601. The highest BCUT2D eigenvalue weighted by Crippen LogP contribution is 2.22. The molecule has 2 aromatic carbocycles. The van der Waals surface area contributed by atoms with Crippen molar-refractivity contribution in [2.75, 3.05) is 4.72 Å². The molecule has 0 unspecified atom stereocenters. The highest BCUT2D eigenvalue weighted by atomic mass is 32.2. The zero-order valence-electron chi connectivity index (χ0n) is 10.6. The van der Waals surface area contributed by atoms with E-state index in [9.17, 15) is 12.8 Å². The van der Waals surface area contributed by atoms with Gasteiger partial charge in [0, 0.05) is 13.1 Å². The van der Waals surface area contributed by atoms with Crippen LogP contribution in [0.1, 0.15) is 11.1 Å². The second-order valence-corrected chi connectivity index (χ2v) is 6.33. The molecule has 1 heterocycles. The molecule has 0 bridgehead atoms. The molecule has 0 spiro atoms. The Morgan fingerprint density at radius 1 is 1.05 bits per heavy atom. The van der Waals surface area contributed by atoms with E-state index in [-0.39, 0.29) is 10.6 Å². The average molecular weight is 292 g/mol. The highest BCUT2D eigenvalue weighted by molar-refractivity contribution is 7.92. The summed E-state index contributed by atoms with van der Waals surface area (Å²) in [6.07, 6.45) is 0. The van der Waals surface area contributed by atoms with E-state index in [0.29, 0.717) is 6.54 Å². The van der Waals surface area contributed by atoms with E-state index >= 15 is 0 Å². The Balaban J connectivity index is 1.92. The Bertz CT molecular complexity index is 760. The number of sulfonamides is 1. The second kappa shape index (κ2) is 4.88. The van der Waals surface area contributed by atoms with Crippen molar-refractivity contribution in [1.29, 1.82) is 0 Å². The molecule has 0 saturated carbocycles.